The van der Waals surface area contributed by atoms with Gasteiger partial charge in [-0.1, -0.05) is 0 Å². The molecule has 2 heteroatoms. The number of hydrogen-bond donors (Lipinski definition) is 0. The molecule has 0 spiro atoms. The summed E-state index contributed by atoms with van der Waals surface area (Å²) in [7, 11) is 4.64. The van der Waals surface area contributed by atoms with Gasteiger partial charge in [-0.15, -0.1) is 0 Å². The summed E-state index contributed by atoms with van der Waals surface area (Å²) < 4.78 is 1.25. The smallest absolute Gasteiger partial charge is 0.0782 e. The minimum atomic E-state index is 0. The average Bonchev–Trinajstić information content (AvgIpc) is 1.65. The third-order valence-electron chi connectivity index (χ3n) is 2.03. The van der Waals surface area contributed by atoms with Crippen LogP contribution in [-0.2, 0) is 0 Å². The lowest BCUT2D eigenvalue weighted by Crippen LogP contribution is -2.43. The first kappa shape index (κ1) is 9.02. The second-order valence-electron chi connectivity index (χ2n) is 3.44. The minimum Gasteiger partial charge on any atom is -1.00 e. The van der Waals surface area contributed by atoms with E-state index in [1.165, 1.54) is 36.8 Å². The number of quaternary nitrogens is 1. The average molecular weight is 125 g/mol. The first-order chi connectivity index (χ1) is 3.71. The molecular weight excluding hydrogens is 109 g/mol. The molecule has 0 aromatic carbocycles. The predicted molar refractivity (Wildman–Crippen MR) is 41.4 cm³/mol. The molecule has 0 saturated carbocycles. The molecule has 52 valence electrons. The van der Waals surface area contributed by atoms with Gasteiger partial charge >= 0.3 is 0 Å². The van der Waals surface area contributed by atoms with Crippen LogP contribution in [0.25, 0.3) is 0 Å². The molecule has 0 aliphatic carbocycles. The van der Waals surface area contributed by atoms with Crippen molar-refractivity contribution in [2.75, 3.05) is 27.2 Å². The van der Waals surface area contributed by atoms with Gasteiger partial charge in [0.2, 0.25) is 0 Å². The van der Waals surface area contributed by atoms with Crippen molar-refractivity contribution in [3.63, 3.8) is 0 Å². The summed E-state index contributed by atoms with van der Waals surface area (Å²) in [4.78, 5) is 0. The molecule has 1 saturated heterocycles. The Morgan fingerprint density at radius 3 is 1.56 bits per heavy atom. The maximum absolute atomic E-state index is 2.32. The molecule has 1 aliphatic heterocycles. The Morgan fingerprint density at radius 2 is 1.33 bits per heavy atom. The van der Waals surface area contributed by atoms with Crippen molar-refractivity contribution in [3.05, 3.63) is 0 Å². The number of rotatable bonds is 0. The monoisotopic (exact) mass is 125 g/mol. The van der Waals surface area contributed by atoms with Gasteiger partial charge in [0.25, 0.3) is 0 Å². The highest BCUT2D eigenvalue weighted by atomic mass is 15.3. The maximum Gasteiger partial charge on any atom is 0.0782 e. The van der Waals surface area contributed by atoms with E-state index < -0.39 is 0 Å². The molecule has 1 nitrogen and oxygen atoms in total. The summed E-state index contributed by atoms with van der Waals surface area (Å²) in [5, 5.41) is 0. The van der Waals surface area contributed by atoms with E-state index in [2.05, 4.69) is 14.1 Å². The topological polar surface area (TPSA) is 0 Å². The molecule has 0 N–H and O–H groups in total. The number of likely N-dealkylation sites (tertiary alicyclic amines) is 1. The molecule has 4 radical (unpaired) electrons. The van der Waals surface area contributed by atoms with Gasteiger partial charge in [-0.3, -0.25) is 0 Å². The molecule has 1 aliphatic rings. The lowest BCUT2D eigenvalue weighted by molar-refractivity contribution is -0.894. The molecular formula is C7H16BN. The second-order valence-corrected chi connectivity index (χ2v) is 3.44. The highest BCUT2D eigenvalue weighted by Gasteiger charge is 2.17. The van der Waals surface area contributed by atoms with Crippen LogP contribution in [0.5, 0.6) is 0 Å². The molecule has 9 heavy (non-hydrogen) atoms. The summed E-state index contributed by atoms with van der Waals surface area (Å²) >= 11 is 0. The van der Waals surface area contributed by atoms with E-state index in [1.54, 1.807) is 0 Å². The first-order valence-corrected chi connectivity index (χ1v) is 3.53. The van der Waals surface area contributed by atoms with Gasteiger partial charge < -0.3 is 12.9 Å². The van der Waals surface area contributed by atoms with Crippen molar-refractivity contribution in [2.45, 2.75) is 19.3 Å². The Morgan fingerprint density at radius 1 is 0.889 bits per heavy atom. The third-order valence-corrected chi connectivity index (χ3v) is 2.03. The zero-order valence-electron chi connectivity index (χ0n) is 6.56. The Balaban J connectivity index is 0.000000640. The van der Waals surface area contributed by atoms with E-state index in [9.17, 15) is 0 Å². The summed E-state index contributed by atoms with van der Waals surface area (Å²) in [6.07, 6.45) is 4.34. The highest BCUT2D eigenvalue weighted by molar-refractivity contribution is 5.75. The van der Waals surface area contributed by atoms with Crippen molar-refractivity contribution >= 4 is 8.41 Å². The van der Waals surface area contributed by atoms with E-state index in [-0.39, 0.29) is 8.41 Å². The molecule has 0 aromatic heterocycles. The van der Waals surface area contributed by atoms with Gasteiger partial charge in [-0.05, 0) is 19.3 Å². The van der Waals surface area contributed by atoms with Gasteiger partial charge in [0.1, 0.15) is 0 Å². The Labute approximate surface area is 60.2 Å². The van der Waals surface area contributed by atoms with Crippen LogP contribution in [0.4, 0.5) is 0 Å². The maximum atomic E-state index is 2.32. The van der Waals surface area contributed by atoms with E-state index in [1.807, 2.05) is 0 Å². The van der Waals surface area contributed by atoms with Crippen molar-refractivity contribution in [1.29, 1.82) is 0 Å². The van der Waals surface area contributed by atoms with Crippen LogP contribution in [-0.4, -0.2) is 40.1 Å². The van der Waals surface area contributed by atoms with Gasteiger partial charge in [-0.2, -0.15) is 0 Å². The zero-order valence-corrected chi connectivity index (χ0v) is 6.56. The SMILES string of the molecule is C[N+]1(C)CCCCC1.[B-]. The van der Waals surface area contributed by atoms with Crippen LogP contribution in [0.2, 0.25) is 0 Å². The number of piperidine rings is 1. The Bertz CT molecular complexity index is 73.0. The van der Waals surface area contributed by atoms with Crippen molar-refractivity contribution < 1.29 is 4.48 Å². The predicted octanol–water partition coefficient (Wildman–Crippen LogP) is 0.866. The van der Waals surface area contributed by atoms with Gasteiger partial charge in [-0.25, -0.2) is 0 Å². The lowest BCUT2D eigenvalue weighted by Gasteiger charge is -2.33. The summed E-state index contributed by atoms with van der Waals surface area (Å²) in [6, 6.07) is 0. The Kier molecular flexibility index (Phi) is 3.27. The van der Waals surface area contributed by atoms with Crippen molar-refractivity contribution in [2.24, 2.45) is 0 Å². The van der Waals surface area contributed by atoms with Gasteiger partial charge in [0, 0.05) is 0 Å². The van der Waals surface area contributed by atoms with Gasteiger partial charge in [0.15, 0.2) is 0 Å². The fourth-order valence-corrected chi connectivity index (χ4v) is 1.37. The zero-order chi connectivity index (χ0) is 6.04. The lowest BCUT2D eigenvalue weighted by atomic mass is 10.1. The van der Waals surface area contributed by atoms with Crippen LogP contribution in [0.15, 0.2) is 0 Å². The summed E-state index contributed by atoms with van der Waals surface area (Å²) in [6.45, 7) is 2.78. The minimum absolute atomic E-state index is 0. The van der Waals surface area contributed by atoms with Crippen molar-refractivity contribution in [1.82, 2.24) is 0 Å². The quantitative estimate of drug-likeness (QED) is 0.333. The molecule has 0 bridgehead atoms. The molecule has 0 aromatic rings. The Hall–Kier alpha value is 0.0249. The largest absolute Gasteiger partial charge is 1.00 e. The van der Waals surface area contributed by atoms with E-state index in [4.69, 9.17) is 0 Å². The van der Waals surface area contributed by atoms with Crippen LogP contribution in [0, 0.1) is 0 Å². The molecule has 0 unspecified atom stereocenters. The highest BCUT2D eigenvalue weighted by Crippen LogP contribution is 2.11. The number of nitrogens with zero attached hydrogens (tertiary/aromatic N) is 1. The van der Waals surface area contributed by atoms with Gasteiger partial charge in [0.05, 0.1) is 27.2 Å². The normalized spacial score (nSPS) is 24.7. The van der Waals surface area contributed by atoms with Crippen LogP contribution in [0.3, 0.4) is 0 Å². The van der Waals surface area contributed by atoms with Crippen LogP contribution < -0.4 is 0 Å². The number of hydrogen-bond acceptors (Lipinski definition) is 0. The molecule has 1 fully saturated rings. The third kappa shape index (κ3) is 2.90. The molecule has 1 rings (SSSR count). The molecule has 0 amide bonds. The van der Waals surface area contributed by atoms with E-state index in [0.717, 1.165) is 0 Å². The van der Waals surface area contributed by atoms with E-state index >= 15 is 0 Å². The summed E-state index contributed by atoms with van der Waals surface area (Å²) in [5.74, 6) is 0. The van der Waals surface area contributed by atoms with Crippen LogP contribution in [0.1, 0.15) is 19.3 Å². The fraction of sp³-hybridized carbons (Fsp3) is 1.00. The fourth-order valence-electron chi connectivity index (χ4n) is 1.37. The summed E-state index contributed by atoms with van der Waals surface area (Å²) in [5.41, 5.74) is 0. The first-order valence-electron chi connectivity index (χ1n) is 3.53. The second kappa shape index (κ2) is 3.26. The molecule has 1 heterocycles. The van der Waals surface area contributed by atoms with Crippen LogP contribution >= 0.6 is 0 Å². The molecule has 0 atom stereocenters. The van der Waals surface area contributed by atoms with Crippen molar-refractivity contribution in [3.8, 4) is 0 Å². The standard InChI is InChI=1S/C7H16N.B/c1-8(2)6-4-3-5-7-8;/h3-7H2,1-2H3;/q+1;-1. The van der Waals surface area contributed by atoms with E-state index in [0.29, 0.717) is 0 Å².